The normalized spacial score (nSPS) is 10.8. The Morgan fingerprint density at radius 2 is 1.76 bits per heavy atom. The molecule has 1 N–H and O–H groups in total. The van der Waals surface area contributed by atoms with Crippen molar-refractivity contribution in [2.45, 2.75) is 20.3 Å². The van der Waals surface area contributed by atoms with Gasteiger partial charge in [0.05, 0.1) is 24.4 Å². The number of rotatable bonds is 8. The van der Waals surface area contributed by atoms with Gasteiger partial charge in [-0.3, -0.25) is 4.79 Å². The van der Waals surface area contributed by atoms with Crippen LogP contribution < -0.4 is 10.1 Å². The molecule has 152 valence electrons. The number of hydrogen-bond acceptors (Lipinski definition) is 4. The summed E-state index contributed by atoms with van der Waals surface area (Å²) in [4.78, 5) is 12.6. The second-order valence-electron chi connectivity index (χ2n) is 6.63. The van der Waals surface area contributed by atoms with Crippen molar-refractivity contribution >= 4 is 23.2 Å². The molecule has 0 spiro atoms. The van der Waals surface area contributed by atoms with E-state index < -0.39 is 0 Å². The van der Waals surface area contributed by atoms with E-state index in [4.69, 9.17) is 21.1 Å². The number of aromatic nitrogens is 2. The molecule has 3 aromatic rings. The number of nitrogens with zero attached hydrogens (tertiary/aromatic N) is 2. The summed E-state index contributed by atoms with van der Waals surface area (Å²) in [5.74, 6) is 0.635. The number of hydrogen-bond donors (Lipinski definition) is 1. The molecule has 6 nitrogen and oxygen atoms in total. The first-order chi connectivity index (χ1) is 14.0. The molecule has 0 fully saturated rings. The lowest BCUT2D eigenvalue weighted by molar-refractivity contribution is -0.115. The Bertz CT molecular complexity index is 966. The lowest BCUT2D eigenvalue weighted by Crippen LogP contribution is -2.15. The number of nitrogens with one attached hydrogen (secondary N) is 1. The third kappa shape index (κ3) is 5.37. The molecule has 7 heteroatoms. The van der Waals surface area contributed by atoms with Gasteiger partial charge >= 0.3 is 0 Å². The molecule has 0 aliphatic rings. The Morgan fingerprint density at radius 1 is 1.07 bits per heavy atom. The largest absolute Gasteiger partial charge is 0.491 e. The van der Waals surface area contributed by atoms with Crippen LogP contribution in [0.25, 0.3) is 5.69 Å². The number of ether oxygens (including phenoxy) is 2. The van der Waals surface area contributed by atoms with Gasteiger partial charge in [-0.2, -0.15) is 5.10 Å². The third-order valence-corrected chi connectivity index (χ3v) is 4.80. The second kappa shape index (κ2) is 9.58. The van der Waals surface area contributed by atoms with Gasteiger partial charge in [0, 0.05) is 29.1 Å². The Morgan fingerprint density at radius 3 is 2.41 bits per heavy atom. The van der Waals surface area contributed by atoms with Crippen LogP contribution in [0.3, 0.4) is 0 Å². The van der Waals surface area contributed by atoms with Gasteiger partial charge in [-0.25, -0.2) is 4.68 Å². The summed E-state index contributed by atoms with van der Waals surface area (Å²) in [6.45, 7) is 4.89. The molecular formula is C22H24ClN3O3. The van der Waals surface area contributed by atoms with Crippen LogP contribution in [0.15, 0.2) is 48.5 Å². The van der Waals surface area contributed by atoms with Gasteiger partial charge in [0.25, 0.3) is 0 Å². The van der Waals surface area contributed by atoms with E-state index in [9.17, 15) is 4.79 Å². The maximum Gasteiger partial charge on any atom is 0.228 e. The summed E-state index contributed by atoms with van der Waals surface area (Å²) < 4.78 is 12.3. The monoisotopic (exact) mass is 413 g/mol. The first-order valence-electron chi connectivity index (χ1n) is 9.30. The third-order valence-electron chi connectivity index (χ3n) is 4.54. The van der Waals surface area contributed by atoms with Crippen molar-refractivity contribution in [2.75, 3.05) is 25.6 Å². The quantitative estimate of drug-likeness (QED) is 0.557. The molecule has 0 unspecified atom stereocenters. The molecule has 1 heterocycles. The molecule has 1 aromatic heterocycles. The lowest BCUT2D eigenvalue weighted by atomic mass is 10.1. The topological polar surface area (TPSA) is 65.4 Å². The van der Waals surface area contributed by atoms with Gasteiger partial charge in [-0.1, -0.05) is 11.6 Å². The van der Waals surface area contributed by atoms with Gasteiger partial charge in [-0.05, 0) is 62.4 Å². The lowest BCUT2D eigenvalue weighted by Gasteiger charge is -2.09. The van der Waals surface area contributed by atoms with Gasteiger partial charge in [-0.15, -0.1) is 0 Å². The number of carbonyl (C=O) groups excluding carboxylic acids is 1. The average molecular weight is 414 g/mol. The minimum Gasteiger partial charge on any atom is -0.491 e. The molecule has 0 atom stereocenters. The fraction of sp³-hybridized carbons (Fsp3) is 0.273. The van der Waals surface area contributed by atoms with E-state index in [1.54, 1.807) is 7.11 Å². The van der Waals surface area contributed by atoms with Crippen LogP contribution in [-0.4, -0.2) is 36.0 Å². The number of methoxy groups -OCH3 is 1. The fourth-order valence-electron chi connectivity index (χ4n) is 3.01. The van der Waals surface area contributed by atoms with Crippen LogP contribution in [0.5, 0.6) is 5.75 Å². The number of anilines is 1. The van der Waals surface area contributed by atoms with Crippen LogP contribution in [0, 0.1) is 13.8 Å². The van der Waals surface area contributed by atoms with E-state index in [1.807, 2.05) is 67.1 Å². The van der Waals surface area contributed by atoms with E-state index >= 15 is 0 Å². The van der Waals surface area contributed by atoms with Crippen molar-refractivity contribution in [3.63, 3.8) is 0 Å². The van der Waals surface area contributed by atoms with Crippen molar-refractivity contribution < 1.29 is 14.3 Å². The predicted molar refractivity (Wildman–Crippen MR) is 114 cm³/mol. The zero-order valence-electron chi connectivity index (χ0n) is 16.7. The SMILES string of the molecule is COCCOc1ccc(NC(=O)Cc2c(C)nn(-c3ccc(Cl)cc3)c2C)cc1. The molecule has 0 saturated heterocycles. The number of aryl methyl sites for hydroxylation is 1. The highest BCUT2D eigenvalue weighted by molar-refractivity contribution is 6.30. The minimum atomic E-state index is -0.0973. The summed E-state index contributed by atoms with van der Waals surface area (Å²) >= 11 is 5.97. The summed E-state index contributed by atoms with van der Waals surface area (Å²) in [5, 5.41) is 8.18. The van der Waals surface area contributed by atoms with E-state index in [-0.39, 0.29) is 12.3 Å². The molecular weight excluding hydrogens is 390 g/mol. The summed E-state index contributed by atoms with van der Waals surface area (Å²) in [5.41, 5.74) is 4.30. The Labute approximate surface area is 175 Å². The number of benzene rings is 2. The zero-order chi connectivity index (χ0) is 20.8. The second-order valence-corrected chi connectivity index (χ2v) is 7.06. The molecule has 0 aliphatic heterocycles. The maximum absolute atomic E-state index is 12.6. The van der Waals surface area contributed by atoms with E-state index in [1.165, 1.54) is 0 Å². The van der Waals surface area contributed by atoms with E-state index in [0.29, 0.717) is 18.2 Å². The Balaban J connectivity index is 1.65. The summed E-state index contributed by atoms with van der Waals surface area (Å²) in [6.07, 6.45) is 0.247. The highest BCUT2D eigenvalue weighted by Gasteiger charge is 2.16. The Hall–Kier alpha value is -2.83. The van der Waals surface area contributed by atoms with Gasteiger partial charge in [0.1, 0.15) is 12.4 Å². The molecule has 1 amide bonds. The maximum atomic E-state index is 12.6. The summed E-state index contributed by atoms with van der Waals surface area (Å²) in [7, 11) is 1.63. The molecule has 29 heavy (non-hydrogen) atoms. The van der Waals surface area contributed by atoms with Crippen LogP contribution in [-0.2, 0) is 16.0 Å². The smallest absolute Gasteiger partial charge is 0.228 e. The van der Waals surface area contributed by atoms with Gasteiger partial charge in [0.2, 0.25) is 5.91 Å². The molecule has 0 aliphatic carbocycles. The fourth-order valence-corrected chi connectivity index (χ4v) is 3.13. The standard InChI is InChI=1S/C22H24ClN3O3/c1-15-21(16(2)26(25-15)19-8-4-17(23)5-9-19)14-22(27)24-18-6-10-20(11-7-18)29-13-12-28-3/h4-11H,12-14H2,1-3H3,(H,24,27). The number of carbonyl (C=O) groups is 1. The molecule has 0 saturated carbocycles. The molecule has 0 bridgehead atoms. The zero-order valence-corrected chi connectivity index (χ0v) is 17.5. The minimum absolute atomic E-state index is 0.0973. The Kier molecular flexibility index (Phi) is 6.90. The highest BCUT2D eigenvalue weighted by Crippen LogP contribution is 2.21. The molecule has 2 aromatic carbocycles. The predicted octanol–water partition coefficient (Wildman–Crippen LogP) is 4.35. The van der Waals surface area contributed by atoms with E-state index in [0.717, 1.165) is 34.1 Å². The molecule has 0 radical (unpaired) electrons. The van der Waals surface area contributed by atoms with Crippen molar-refractivity contribution in [3.8, 4) is 11.4 Å². The van der Waals surface area contributed by atoms with Gasteiger partial charge in [0.15, 0.2) is 0 Å². The van der Waals surface area contributed by atoms with Crippen molar-refractivity contribution in [1.29, 1.82) is 0 Å². The first-order valence-corrected chi connectivity index (χ1v) is 9.68. The number of amides is 1. The van der Waals surface area contributed by atoms with Crippen LogP contribution in [0.4, 0.5) is 5.69 Å². The van der Waals surface area contributed by atoms with Crippen molar-refractivity contribution in [3.05, 3.63) is 70.5 Å². The van der Waals surface area contributed by atoms with Gasteiger partial charge < -0.3 is 14.8 Å². The average Bonchev–Trinajstić information content (AvgIpc) is 2.98. The van der Waals surface area contributed by atoms with Crippen molar-refractivity contribution in [2.24, 2.45) is 0 Å². The molecule has 3 rings (SSSR count). The van der Waals surface area contributed by atoms with Crippen molar-refractivity contribution in [1.82, 2.24) is 9.78 Å². The first kappa shape index (κ1) is 20.9. The highest BCUT2D eigenvalue weighted by atomic mass is 35.5. The number of halogens is 1. The van der Waals surface area contributed by atoms with Crippen LogP contribution in [0.1, 0.15) is 17.0 Å². The van der Waals surface area contributed by atoms with E-state index in [2.05, 4.69) is 10.4 Å². The van der Waals surface area contributed by atoms with Crippen LogP contribution in [0.2, 0.25) is 5.02 Å². The van der Waals surface area contributed by atoms with Crippen LogP contribution >= 0.6 is 11.6 Å². The summed E-state index contributed by atoms with van der Waals surface area (Å²) in [6, 6.07) is 14.7.